The number of amides is 3. The summed E-state index contributed by atoms with van der Waals surface area (Å²) >= 11 is 0. The van der Waals surface area contributed by atoms with Gasteiger partial charge in [-0.15, -0.1) is 0 Å². The van der Waals surface area contributed by atoms with E-state index in [-0.39, 0.29) is 12.3 Å². The quantitative estimate of drug-likeness (QED) is 0.612. The SMILES string of the molecule is CN(C(=O)O)c1ccc2c(c1)N(C)C(=O)C(NC(=O)c1cc(Cc3ccccc3)on1)CO2. The van der Waals surface area contributed by atoms with E-state index in [9.17, 15) is 19.5 Å². The molecule has 3 aromatic rings. The number of carboxylic acid groups (broad SMARTS) is 1. The molecular weight excluding hydrogens is 428 g/mol. The van der Waals surface area contributed by atoms with Gasteiger partial charge in [0.1, 0.15) is 24.2 Å². The Labute approximate surface area is 189 Å². The highest BCUT2D eigenvalue weighted by Gasteiger charge is 2.32. The van der Waals surface area contributed by atoms with Gasteiger partial charge in [-0.25, -0.2) is 4.79 Å². The van der Waals surface area contributed by atoms with Crippen LogP contribution in [0.3, 0.4) is 0 Å². The maximum absolute atomic E-state index is 13.0. The highest BCUT2D eigenvalue weighted by molar-refractivity contribution is 6.03. The first-order valence-electron chi connectivity index (χ1n) is 10.1. The molecule has 33 heavy (non-hydrogen) atoms. The third-order valence-electron chi connectivity index (χ3n) is 5.33. The average Bonchev–Trinajstić information content (AvgIpc) is 3.25. The molecule has 2 aromatic carbocycles. The number of likely N-dealkylation sites (N-methyl/N-ethyl adjacent to an activating group) is 1. The molecule has 0 saturated carbocycles. The van der Waals surface area contributed by atoms with Crippen LogP contribution in [0.25, 0.3) is 0 Å². The van der Waals surface area contributed by atoms with E-state index in [1.807, 2.05) is 30.3 Å². The molecule has 3 amide bonds. The van der Waals surface area contributed by atoms with Crippen LogP contribution in [0.15, 0.2) is 59.1 Å². The summed E-state index contributed by atoms with van der Waals surface area (Å²) in [5.41, 5.74) is 1.85. The Bertz CT molecular complexity index is 1190. The van der Waals surface area contributed by atoms with Gasteiger partial charge in [0.2, 0.25) is 0 Å². The molecular formula is C23H22N4O6. The van der Waals surface area contributed by atoms with Crippen LogP contribution in [0.4, 0.5) is 16.2 Å². The number of nitrogens with zero attached hydrogens (tertiary/aromatic N) is 3. The van der Waals surface area contributed by atoms with Gasteiger partial charge in [0.15, 0.2) is 5.69 Å². The van der Waals surface area contributed by atoms with Crippen molar-refractivity contribution < 1.29 is 28.8 Å². The fourth-order valence-electron chi connectivity index (χ4n) is 3.44. The van der Waals surface area contributed by atoms with Crippen LogP contribution in [0, 0.1) is 0 Å². The van der Waals surface area contributed by atoms with Crippen molar-refractivity contribution in [1.29, 1.82) is 0 Å². The molecule has 0 radical (unpaired) electrons. The number of fused-ring (bicyclic) bond motifs is 1. The summed E-state index contributed by atoms with van der Waals surface area (Å²) in [5, 5.41) is 15.7. The Hall–Kier alpha value is -4.34. The second-order valence-corrected chi connectivity index (χ2v) is 7.57. The number of hydrogen-bond acceptors (Lipinski definition) is 6. The molecule has 0 aliphatic carbocycles. The predicted octanol–water partition coefficient (Wildman–Crippen LogP) is 2.53. The lowest BCUT2D eigenvalue weighted by atomic mass is 10.1. The number of carbonyl (C=O) groups is 3. The number of nitrogens with one attached hydrogen (secondary N) is 1. The van der Waals surface area contributed by atoms with Gasteiger partial charge in [-0.2, -0.15) is 0 Å². The molecule has 0 fully saturated rings. The van der Waals surface area contributed by atoms with E-state index < -0.39 is 23.9 Å². The standard InChI is InChI=1S/C23H22N4O6/c1-26(23(30)31)15-8-9-20-19(11-15)27(2)22(29)18(13-32-20)24-21(28)17-12-16(33-25-17)10-14-6-4-3-5-7-14/h3-9,11-12,18H,10,13H2,1-2H3,(H,24,28)(H,30,31). The minimum atomic E-state index is -1.14. The Kier molecular flexibility index (Phi) is 5.99. The van der Waals surface area contributed by atoms with E-state index in [4.69, 9.17) is 9.26 Å². The van der Waals surface area contributed by atoms with Crippen LogP contribution >= 0.6 is 0 Å². The molecule has 1 aliphatic heterocycles. The summed E-state index contributed by atoms with van der Waals surface area (Å²) in [6.07, 6.45) is -0.652. The van der Waals surface area contributed by atoms with Crippen molar-refractivity contribution in [2.45, 2.75) is 12.5 Å². The highest BCUT2D eigenvalue weighted by atomic mass is 16.5. The number of hydrogen-bond donors (Lipinski definition) is 2. The summed E-state index contributed by atoms with van der Waals surface area (Å²) < 4.78 is 11.0. The molecule has 0 spiro atoms. The lowest BCUT2D eigenvalue weighted by Gasteiger charge is -2.21. The minimum absolute atomic E-state index is 0.0588. The van der Waals surface area contributed by atoms with Gasteiger partial charge in [0.25, 0.3) is 11.8 Å². The Morgan fingerprint density at radius 1 is 1.21 bits per heavy atom. The van der Waals surface area contributed by atoms with Gasteiger partial charge in [0.05, 0.1) is 5.69 Å². The number of carbonyl (C=O) groups excluding carboxylic acids is 2. The maximum atomic E-state index is 13.0. The Balaban J connectivity index is 1.46. The first-order chi connectivity index (χ1) is 15.8. The maximum Gasteiger partial charge on any atom is 0.411 e. The van der Waals surface area contributed by atoms with Crippen molar-refractivity contribution in [3.63, 3.8) is 0 Å². The fraction of sp³-hybridized carbons (Fsp3) is 0.217. The van der Waals surface area contributed by atoms with Crippen molar-refractivity contribution >= 4 is 29.3 Å². The van der Waals surface area contributed by atoms with Crippen molar-refractivity contribution in [2.75, 3.05) is 30.5 Å². The zero-order valence-corrected chi connectivity index (χ0v) is 18.0. The molecule has 1 aliphatic rings. The molecule has 1 aromatic heterocycles. The van der Waals surface area contributed by atoms with Gasteiger partial charge in [-0.05, 0) is 23.8 Å². The van der Waals surface area contributed by atoms with E-state index in [0.29, 0.717) is 29.3 Å². The highest BCUT2D eigenvalue weighted by Crippen LogP contribution is 2.34. The predicted molar refractivity (Wildman–Crippen MR) is 119 cm³/mol. The van der Waals surface area contributed by atoms with E-state index in [0.717, 1.165) is 10.5 Å². The zero-order valence-electron chi connectivity index (χ0n) is 18.0. The average molecular weight is 450 g/mol. The fourth-order valence-corrected chi connectivity index (χ4v) is 3.44. The monoisotopic (exact) mass is 450 g/mol. The summed E-state index contributed by atoms with van der Waals surface area (Å²) in [6, 6.07) is 14.9. The molecule has 170 valence electrons. The van der Waals surface area contributed by atoms with Gasteiger partial charge < -0.3 is 24.6 Å². The lowest BCUT2D eigenvalue weighted by Crippen LogP contribution is -2.49. The molecule has 1 atom stereocenters. The van der Waals surface area contributed by atoms with E-state index in [2.05, 4.69) is 10.5 Å². The van der Waals surface area contributed by atoms with Crippen molar-refractivity contribution in [2.24, 2.45) is 0 Å². The smallest absolute Gasteiger partial charge is 0.411 e. The van der Waals surface area contributed by atoms with E-state index in [1.54, 1.807) is 18.2 Å². The van der Waals surface area contributed by atoms with Gasteiger partial charge in [-0.3, -0.25) is 14.5 Å². The van der Waals surface area contributed by atoms with Crippen molar-refractivity contribution in [1.82, 2.24) is 10.5 Å². The number of rotatable bonds is 5. The number of anilines is 2. The summed E-state index contributed by atoms with van der Waals surface area (Å²) in [7, 11) is 2.93. The summed E-state index contributed by atoms with van der Waals surface area (Å²) in [6.45, 7) is -0.0925. The molecule has 2 N–H and O–H groups in total. The molecule has 0 bridgehead atoms. The second kappa shape index (κ2) is 9.03. The van der Waals surface area contributed by atoms with Gasteiger partial charge in [0, 0.05) is 32.3 Å². The normalized spacial score (nSPS) is 15.3. The zero-order chi connectivity index (χ0) is 23.5. The number of benzene rings is 2. The molecule has 10 heteroatoms. The van der Waals surface area contributed by atoms with E-state index in [1.165, 1.54) is 25.1 Å². The number of ether oxygens (including phenoxy) is 1. The minimum Gasteiger partial charge on any atom is -0.489 e. The van der Waals surface area contributed by atoms with Crippen LogP contribution in [-0.2, 0) is 11.2 Å². The third kappa shape index (κ3) is 4.64. The van der Waals surface area contributed by atoms with Crippen LogP contribution in [0.5, 0.6) is 5.75 Å². The lowest BCUT2D eigenvalue weighted by molar-refractivity contribution is -0.120. The first-order valence-corrected chi connectivity index (χ1v) is 10.1. The second-order valence-electron chi connectivity index (χ2n) is 7.57. The topological polar surface area (TPSA) is 125 Å². The largest absolute Gasteiger partial charge is 0.489 e. The molecule has 1 unspecified atom stereocenters. The molecule has 2 heterocycles. The molecule has 0 saturated heterocycles. The first kappa shape index (κ1) is 21.9. The number of aromatic nitrogens is 1. The third-order valence-corrected chi connectivity index (χ3v) is 5.33. The Morgan fingerprint density at radius 3 is 2.70 bits per heavy atom. The summed E-state index contributed by atoms with van der Waals surface area (Å²) in [4.78, 5) is 39.3. The van der Waals surface area contributed by atoms with Crippen LogP contribution in [0.2, 0.25) is 0 Å². The summed E-state index contributed by atoms with van der Waals surface area (Å²) in [5.74, 6) is -0.0537. The van der Waals surface area contributed by atoms with Crippen LogP contribution in [-0.4, -0.2) is 54.9 Å². The molecule has 10 nitrogen and oxygen atoms in total. The van der Waals surface area contributed by atoms with Gasteiger partial charge >= 0.3 is 6.09 Å². The van der Waals surface area contributed by atoms with Crippen LogP contribution < -0.4 is 19.9 Å². The van der Waals surface area contributed by atoms with Crippen LogP contribution in [0.1, 0.15) is 21.8 Å². The van der Waals surface area contributed by atoms with Crippen molar-refractivity contribution in [3.05, 3.63) is 71.6 Å². The van der Waals surface area contributed by atoms with E-state index >= 15 is 0 Å². The van der Waals surface area contributed by atoms with Gasteiger partial charge in [-0.1, -0.05) is 35.5 Å². The molecule has 4 rings (SSSR count). The Morgan fingerprint density at radius 2 is 1.97 bits per heavy atom. The van der Waals surface area contributed by atoms with Crippen molar-refractivity contribution in [3.8, 4) is 5.75 Å².